The van der Waals surface area contributed by atoms with E-state index in [2.05, 4.69) is 15.5 Å². The second kappa shape index (κ2) is 5.45. The van der Waals surface area contributed by atoms with Gasteiger partial charge < -0.3 is 10.4 Å². The third kappa shape index (κ3) is 3.22. The number of rotatable bonds is 6. The Hall–Kier alpha value is -1.94. The largest absolute Gasteiger partial charge is 0.476 e. The summed E-state index contributed by atoms with van der Waals surface area (Å²) in [7, 11) is -2.89. The molecule has 0 radical (unpaired) electrons. The molecule has 3 N–H and O–H groups in total. The van der Waals surface area contributed by atoms with Crippen LogP contribution in [0.4, 0.5) is 0 Å². The van der Waals surface area contributed by atoms with E-state index in [1.807, 2.05) is 0 Å². The number of aromatic carboxylic acids is 1. The Morgan fingerprint density at radius 1 is 1.48 bits per heavy atom. The summed E-state index contributed by atoms with van der Waals surface area (Å²) in [5.41, 5.74) is -0.469. The molecule has 0 atom stereocenters. The molecule has 0 saturated heterocycles. The molecule has 0 unspecified atom stereocenters. The van der Waals surface area contributed by atoms with Gasteiger partial charge in [-0.1, -0.05) is 0 Å². The Bertz CT molecular complexity index is 677. The second-order valence-electron chi connectivity index (χ2n) is 4.93. The van der Waals surface area contributed by atoms with Gasteiger partial charge in [0.05, 0.1) is 12.2 Å². The van der Waals surface area contributed by atoms with Gasteiger partial charge in [0.15, 0.2) is 5.69 Å². The zero-order chi connectivity index (χ0) is 15.8. The van der Waals surface area contributed by atoms with Crippen molar-refractivity contribution in [2.24, 2.45) is 0 Å². The summed E-state index contributed by atoms with van der Waals surface area (Å²) in [6, 6.07) is 0.124. The highest BCUT2D eigenvalue weighted by atomic mass is 32.2. The first-order chi connectivity index (χ1) is 9.73. The Morgan fingerprint density at radius 2 is 2.10 bits per heavy atom. The minimum atomic E-state index is -4.11. The van der Waals surface area contributed by atoms with E-state index in [0.717, 1.165) is 17.1 Å². The SMILES string of the molecule is Cc1[nH]nc(C(=O)O)c1S(=O)(=O)N(C)CC(=O)NC1CC1. The van der Waals surface area contributed by atoms with Crippen LogP contribution < -0.4 is 5.32 Å². The molecule has 0 aromatic carbocycles. The number of H-pyrrole nitrogens is 1. The van der Waals surface area contributed by atoms with Crippen molar-refractivity contribution in [1.29, 1.82) is 0 Å². The van der Waals surface area contributed by atoms with Crippen molar-refractivity contribution in [2.75, 3.05) is 13.6 Å². The third-order valence-electron chi connectivity index (χ3n) is 3.07. The van der Waals surface area contributed by atoms with Crippen LogP contribution >= 0.6 is 0 Å². The second-order valence-corrected chi connectivity index (χ2v) is 6.92. The molecule has 1 saturated carbocycles. The van der Waals surface area contributed by atoms with Gasteiger partial charge in [-0.15, -0.1) is 0 Å². The molecule has 116 valence electrons. The van der Waals surface area contributed by atoms with Crippen molar-refractivity contribution < 1.29 is 23.1 Å². The quantitative estimate of drug-likeness (QED) is 0.636. The number of hydrogen-bond donors (Lipinski definition) is 3. The molecule has 1 aromatic rings. The number of carboxylic acid groups (broad SMARTS) is 1. The Labute approximate surface area is 121 Å². The molecule has 21 heavy (non-hydrogen) atoms. The van der Waals surface area contributed by atoms with Crippen LogP contribution in [-0.2, 0) is 14.8 Å². The highest BCUT2D eigenvalue weighted by Gasteiger charge is 2.33. The van der Waals surface area contributed by atoms with Crippen molar-refractivity contribution >= 4 is 21.9 Å². The van der Waals surface area contributed by atoms with Crippen molar-refractivity contribution in [1.82, 2.24) is 19.8 Å². The van der Waals surface area contributed by atoms with Crippen LogP contribution in [0.5, 0.6) is 0 Å². The number of aryl methyl sites for hydroxylation is 1. The number of nitrogens with zero attached hydrogens (tertiary/aromatic N) is 2. The lowest BCUT2D eigenvalue weighted by Gasteiger charge is -2.16. The molecule has 1 amide bonds. The molecule has 1 aliphatic carbocycles. The van der Waals surface area contributed by atoms with E-state index in [9.17, 15) is 18.0 Å². The lowest BCUT2D eigenvalue weighted by Crippen LogP contribution is -2.39. The zero-order valence-corrected chi connectivity index (χ0v) is 12.4. The normalized spacial score (nSPS) is 15.2. The predicted octanol–water partition coefficient (Wildman–Crippen LogP) is -0.685. The van der Waals surface area contributed by atoms with Gasteiger partial charge in [-0.05, 0) is 19.8 Å². The molecule has 10 heteroatoms. The number of amides is 1. The molecule has 1 heterocycles. The molecule has 2 rings (SSSR count). The molecular formula is C11H16N4O5S. The van der Waals surface area contributed by atoms with Crippen LogP contribution in [0.2, 0.25) is 0 Å². The lowest BCUT2D eigenvalue weighted by atomic mass is 10.4. The van der Waals surface area contributed by atoms with Gasteiger partial charge in [-0.25, -0.2) is 13.2 Å². The van der Waals surface area contributed by atoms with Crippen LogP contribution in [0.15, 0.2) is 4.90 Å². The topological polar surface area (TPSA) is 132 Å². The summed E-state index contributed by atoms with van der Waals surface area (Å²) >= 11 is 0. The molecule has 1 fully saturated rings. The number of carbonyl (C=O) groups excluding carboxylic acids is 1. The fourth-order valence-electron chi connectivity index (χ4n) is 1.82. The number of carboxylic acids is 1. The van der Waals surface area contributed by atoms with Gasteiger partial charge in [0.1, 0.15) is 4.90 Å². The third-order valence-corrected chi connectivity index (χ3v) is 5.04. The van der Waals surface area contributed by atoms with E-state index in [1.54, 1.807) is 0 Å². The number of hydrogen-bond acceptors (Lipinski definition) is 5. The summed E-state index contributed by atoms with van der Waals surface area (Å²) in [5, 5.41) is 17.5. The van der Waals surface area contributed by atoms with Crippen LogP contribution in [-0.4, -0.2) is 59.5 Å². The maximum absolute atomic E-state index is 12.4. The van der Waals surface area contributed by atoms with E-state index in [1.165, 1.54) is 14.0 Å². The molecule has 1 aliphatic rings. The van der Waals surface area contributed by atoms with Crippen molar-refractivity contribution in [3.8, 4) is 0 Å². The van der Waals surface area contributed by atoms with Crippen LogP contribution in [0.1, 0.15) is 29.0 Å². The average Bonchev–Trinajstić information content (AvgIpc) is 3.07. The smallest absolute Gasteiger partial charge is 0.357 e. The number of aromatic nitrogens is 2. The Morgan fingerprint density at radius 3 is 2.62 bits per heavy atom. The summed E-state index contributed by atoms with van der Waals surface area (Å²) < 4.78 is 25.6. The van der Waals surface area contributed by atoms with E-state index in [-0.39, 0.29) is 18.3 Å². The first kappa shape index (κ1) is 15.4. The number of sulfonamides is 1. The minimum absolute atomic E-state index is 0.113. The monoisotopic (exact) mass is 316 g/mol. The van der Waals surface area contributed by atoms with Crippen molar-refractivity contribution in [2.45, 2.75) is 30.7 Å². The fourth-order valence-corrected chi connectivity index (χ4v) is 3.23. The summed E-state index contributed by atoms with van der Waals surface area (Å²) in [4.78, 5) is 22.3. The molecule has 9 nitrogen and oxygen atoms in total. The number of aromatic amines is 1. The van der Waals surface area contributed by atoms with E-state index in [0.29, 0.717) is 0 Å². The van der Waals surface area contributed by atoms with Crippen LogP contribution in [0.3, 0.4) is 0 Å². The first-order valence-electron chi connectivity index (χ1n) is 6.27. The summed E-state index contributed by atoms with van der Waals surface area (Å²) in [6.07, 6.45) is 1.79. The predicted molar refractivity (Wildman–Crippen MR) is 71.3 cm³/mol. The maximum Gasteiger partial charge on any atom is 0.357 e. The van der Waals surface area contributed by atoms with Gasteiger partial charge in [0.25, 0.3) is 0 Å². The van der Waals surface area contributed by atoms with Crippen LogP contribution in [0.25, 0.3) is 0 Å². The van der Waals surface area contributed by atoms with E-state index >= 15 is 0 Å². The van der Waals surface area contributed by atoms with Crippen LogP contribution in [0, 0.1) is 6.92 Å². The molecule has 0 spiro atoms. The first-order valence-corrected chi connectivity index (χ1v) is 7.71. The van der Waals surface area contributed by atoms with E-state index < -0.39 is 32.5 Å². The van der Waals surface area contributed by atoms with Gasteiger partial charge in [0.2, 0.25) is 15.9 Å². The zero-order valence-electron chi connectivity index (χ0n) is 11.6. The Kier molecular flexibility index (Phi) is 4.01. The molecular weight excluding hydrogens is 300 g/mol. The fraction of sp³-hybridized carbons (Fsp3) is 0.545. The highest BCUT2D eigenvalue weighted by Crippen LogP contribution is 2.22. The standard InChI is InChI=1S/C11H16N4O5S/c1-6-10(9(11(17)18)14-13-6)21(19,20)15(2)5-8(16)12-7-3-4-7/h7H,3-5H2,1-2H3,(H,12,16)(H,13,14)(H,17,18). The summed E-state index contributed by atoms with van der Waals surface area (Å²) in [5.74, 6) is -1.87. The minimum Gasteiger partial charge on any atom is -0.476 e. The van der Waals surface area contributed by atoms with Gasteiger partial charge >= 0.3 is 5.97 Å². The number of likely N-dealkylation sites (N-methyl/N-ethyl adjacent to an activating group) is 1. The number of carbonyl (C=O) groups is 2. The van der Waals surface area contributed by atoms with Crippen molar-refractivity contribution in [3.05, 3.63) is 11.4 Å². The Balaban J connectivity index is 2.22. The highest BCUT2D eigenvalue weighted by molar-refractivity contribution is 7.89. The maximum atomic E-state index is 12.4. The number of nitrogens with one attached hydrogen (secondary N) is 2. The molecule has 0 bridgehead atoms. The summed E-state index contributed by atoms with van der Waals surface area (Å²) in [6.45, 7) is 1.03. The molecule has 1 aromatic heterocycles. The van der Waals surface area contributed by atoms with Gasteiger partial charge in [-0.3, -0.25) is 9.89 Å². The average molecular weight is 316 g/mol. The van der Waals surface area contributed by atoms with Gasteiger partial charge in [-0.2, -0.15) is 9.40 Å². The molecule has 0 aliphatic heterocycles. The lowest BCUT2D eigenvalue weighted by molar-refractivity contribution is -0.121. The van der Waals surface area contributed by atoms with Crippen molar-refractivity contribution in [3.63, 3.8) is 0 Å². The van der Waals surface area contributed by atoms with Gasteiger partial charge in [0, 0.05) is 13.1 Å². The van der Waals surface area contributed by atoms with E-state index in [4.69, 9.17) is 5.11 Å².